The number of urea groups is 1. The van der Waals surface area contributed by atoms with Gasteiger partial charge in [-0.25, -0.2) is 4.79 Å². The van der Waals surface area contributed by atoms with Gasteiger partial charge in [0.15, 0.2) is 0 Å². The van der Waals surface area contributed by atoms with Crippen LogP contribution in [0.25, 0.3) is 0 Å². The summed E-state index contributed by atoms with van der Waals surface area (Å²) in [6, 6.07) is 13.9. The Kier molecular flexibility index (Phi) is 3.86. The molecule has 0 unspecified atom stereocenters. The van der Waals surface area contributed by atoms with Gasteiger partial charge in [0.05, 0.1) is 5.54 Å². The first kappa shape index (κ1) is 13.6. The molecule has 2 N–H and O–H groups in total. The normalized spacial score (nSPS) is 15.8. The van der Waals surface area contributed by atoms with Crippen LogP contribution in [0.5, 0.6) is 0 Å². The molecule has 1 aliphatic rings. The monoisotopic (exact) mass is 281 g/mol. The number of rotatable bonds is 4. The van der Waals surface area contributed by atoms with E-state index in [0.29, 0.717) is 6.54 Å². The highest BCUT2D eigenvalue weighted by atomic mass is 16.2. The maximum atomic E-state index is 12.2. The molecule has 1 aromatic heterocycles. The number of carbonyl (C=O) groups excluding carboxylic acids is 1. The van der Waals surface area contributed by atoms with Crippen LogP contribution in [0.15, 0.2) is 54.9 Å². The van der Waals surface area contributed by atoms with Gasteiger partial charge in [-0.3, -0.25) is 4.98 Å². The molecule has 3 rings (SSSR count). The van der Waals surface area contributed by atoms with Crippen molar-refractivity contribution in [2.24, 2.45) is 0 Å². The van der Waals surface area contributed by atoms with Crippen molar-refractivity contribution < 1.29 is 4.79 Å². The molecule has 1 heterocycles. The molecule has 1 aromatic carbocycles. The molecule has 108 valence electrons. The first-order valence-corrected chi connectivity index (χ1v) is 7.29. The Morgan fingerprint density at radius 2 is 1.95 bits per heavy atom. The van der Waals surface area contributed by atoms with E-state index in [4.69, 9.17) is 0 Å². The summed E-state index contributed by atoms with van der Waals surface area (Å²) in [7, 11) is 0. The number of aromatic nitrogens is 1. The van der Waals surface area contributed by atoms with Gasteiger partial charge < -0.3 is 10.6 Å². The van der Waals surface area contributed by atoms with Crippen molar-refractivity contribution in [1.29, 1.82) is 0 Å². The number of carbonyl (C=O) groups is 1. The molecule has 1 aliphatic carbocycles. The van der Waals surface area contributed by atoms with Crippen molar-refractivity contribution in [1.82, 2.24) is 15.6 Å². The quantitative estimate of drug-likeness (QED) is 0.905. The van der Waals surface area contributed by atoms with Gasteiger partial charge in [-0.15, -0.1) is 0 Å². The SMILES string of the molecule is O=C(NCc1cccnc1)NC1(c2ccccc2)CCC1. The minimum atomic E-state index is -0.194. The molecule has 0 aliphatic heterocycles. The Labute approximate surface area is 124 Å². The van der Waals surface area contributed by atoms with E-state index in [9.17, 15) is 4.79 Å². The van der Waals surface area contributed by atoms with E-state index in [1.165, 1.54) is 5.56 Å². The topological polar surface area (TPSA) is 54.0 Å². The number of nitrogens with zero attached hydrogens (tertiary/aromatic N) is 1. The Morgan fingerprint density at radius 1 is 1.14 bits per heavy atom. The molecule has 4 heteroatoms. The number of hydrogen-bond acceptors (Lipinski definition) is 2. The van der Waals surface area contributed by atoms with Crippen molar-refractivity contribution in [3.8, 4) is 0 Å². The van der Waals surface area contributed by atoms with Gasteiger partial charge in [-0.05, 0) is 36.5 Å². The van der Waals surface area contributed by atoms with E-state index in [0.717, 1.165) is 24.8 Å². The summed E-state index contributed by atoms with van der Waals surface area (Å²) in [6.45, 7) is 0.491. The molecule has 0 bridgehead atoms. The average molecular weight is 281 g/mol. The van der Waals surface area contributed by atoms with Crippen LogP contribution in [0.4, 0.5) is 4.79 Å². The Balaban J connectivity index is 1.61. The standard InChI is InChI=1S/C17H19N3O/c21-16(19-13-14-6-4-11-18-12-14)20-17(9-5-10-17)15-7-2-1-3-8-15/h1-4,6-8,11-12H,5,9-10,13H2,(H2,19,20,21). The fourth-order valence-electron chi connectivity index (χ4n) is 2.72. The second-order valence-electron chi connectivity index (χ2n) is 5.47. The van der Waals surface area contributed by atoms with Crippen molar-refractivity contribution in [2.75, 3.05) is 0 Å². The predicted molar refractivity (Wildman–Crippen MR) is 81.6 cm³/mol. The zero-order valence-electron chi connectivity index (χ0n) is 11.9. The third-order valence-electron chi connectivity index (χ3n) is 4.06. The summed E-state index contributed by atoms with van der Waals surface area (Å²) in [4.78, 5) is 16.2. The number of nitrogens with one attached hydrogen (secondary N) is 2. The van der Waals surface area contributed by atoms with Crippen molar-refractivity contribution in [3.05, 3.63) is 66.0 Å². The fraction of sp³-hybridized carbons (Fsp3) is 0.294. The number of amides is 2. The average Bonchev–Trinajstić information content (AvgIpc) is 2.51. The van der Waals surface area contributed by atoms with Crippen LogP contribution in [0.1, 0.15) is 30.4 Å². The third kappa shape index (κ3) is 3.05. The Bertz CT molecular complexity index is 594. The van der Waals surface area contributed by atoms with E-state index < -0.39 is 0 Å². The number of hydrogen-bond donors (Lipinski definition) is 2. The van der Waals surface area contributed by atoms with Crippen LogP contribution in [0.3, 0.4) is 0 Å². The molecule has 4 nitrogen and oxygen atoms in total. The van der Waals surface area contributed by atoms with Gasteiger partial charge in [0, 0.05) is 18.9 Å². The maximum Gasteiger partial charge on any atom is 0.315 e. The van der Waals surface area contributed by atoms with Gasteiger partial charge in [-0.2, -0.15) is 0 Å². The molecular weight excluding hydrogens is 262 g/mol. The summed E-state index contributed by atoms with van der Waals surface area (Å²) in [5, 5.41) is 6.05. The van der Waals surface area contributed by atoms with E-state index >= 15 is 0 Å². The lowest BCUT2D eigenvalue weighted by atomic mass is 9.72. The van der Waals surface area contributed by atoms with E-state index in [-0.39, 0.29) is 11.6 Å². The van der Waals surface area contributed by atoms with Gasteiger partial charge in [0.2, 0.25) is 0 Å². The fourth-order valence-corrected chi connectivity index (χ4v) is 2.72. The van der Waals surface area contributed by atoms with Crippen LogP contribution in [0, 0.1) is 0 Å². The zero-order valence-corrected chi connectivity index (χ0v) is 11.9. The largest absolute Gasteiger partial charge is 0.334 e. The van der Waals surface area contributed by atoms with Gasteiger partial charge in [-0.1, -0.05) is 36.4 Å². The first-order chi connectivity index (χ1) is 10.3. The summed E-state index contributed by atoms with van der Waals surface area (Å²) in [5.41, 5.74) is 1.99. The highest BCUT2D eigenvalue weighted by molar-refractivity contribution is 5.75. The number of benzene rings is 1. The Hall–Kier alpha value is -2.36. The van der Waals surface area contributed by atoms with Crippen molar-refractivity contribution >= 4 is 6.03 Å². The van der Waals surface area contributed by atoms with E-state index in [2.05, 4.69) is 27.8 Å². The molecule has 1 fully saturated rings. The van der Waals surface area contributed by atoms with Crippen LogP contribution >= 0.6 is 0 Å². The van der Waals surface area contributed by atoms with Crippen molar-refractivity contribution in [3.63, 3.8) is 0 Å². The second-order valence-corrected chi connectivity index (χ2v) is 5.47. The molecule has 21 heavy (non-hydrogen) atoms. The molecule has 1 saturated carbocycles. The number of pyridine rings is 1. The van der Waals surface area contributed by atoms with Gasteiger partial charge >= 0.3 is 6.03 Å². The molecule has 0 saturated heterocycles. The van der Waals surface area contributed by atoms with Crippen LogP contribution < -0.4 is 10.6 Å². The molecule has 0 spiro atoms. The van der Waals surface area contributed by atoms with Gasteiger partial charge in [0.1, 0.15) is 0 Å². The van der Waals surface area contributed by atoms with Crippen LogP contribution in [-0.4, -0.2) is 11.0 Å². The molecule has 0 radical (unpaired) electrons. The van der Waals surface area contributed by atoms with Crippen LogP contribution in [-0.2, 0) is 12.1 Å². The Morgan fingerprint density at radius 3 is 2.57 bits per heavy atom. The highest BCUT2D eigenvalue weighted by Crippen LogP contribution is 2.40. The van der Waals surface area contributed by atoms with E-state index in [1.54, 1.807) is 12.4 Å². The summed E-state index contributed by atoms with van der Waals surface area (Å²) >= 11 is 0. The minimum absolute atomic E-state index is 0.123. The van der Waals surface area contributed by atoms with Gasteiger partial charge in [0.25, 0.3) is 0 Å². The third-order valence-corrected chi connectivity index (χ3v) is 4.06. The summed E-state index contributed by atoms with van der Waals surface area (Å²) in [5.74, 6) is 0. The maximum absolute atomic E-state index is 12.2. The zero-order chi connectivity index (χ0) is 14.5. The van der Waals surface area contributed by atoms with Crippen molar-refractivity contribution in [2.45, 2.75) is 31.3 Å². The summed E-state index contributed by atoms with van der Waals surface area (Å²) < 4.78 is 0. The molecule has 2 aromatic rings. The van der Waals surface area contributed by atoms with Crippen LogP contribution in [0.2, 0.25) is 0 Å². The molecule has 2 amide bonds. The predicted octanol–water partition coefficient (Wildman–Crippen LogP) is 2.96. The minimum Gasteiger partial charge on any atom is -0.334 e. The lowest BCUT2D eigenvalue weighted by Crippen LogP contribution is -2.53. The van der Waals surface area contributed by atoms with E-state index in [1.807, 2.05) is 30.3 Å². The second kappa shape index (κ2) is 5.95. The highest BCUT2D eigenvalue weighted by Gasteiger charge is 2.39. The molecule has 0 atom stereocenters. The summed E-state index contributed by atoms with van der Waals surface area (Å²) in [6.07, 6.45) is 6.63. The molecular formula is C17H19N3O. The first-order valence-electron chi connectivity index (χ1n) is 7.29. The lowest BCUT2D eigenvalue weighted by molar-refractivity contribution is 0.177. The lowest BCUT2D eigenvalue weighted by Gasteiger charge is -2.43. The smallest absolute Gasteiger partial charge is 0.315 e.